The summed E-state index contributed by atoms with van der Waals surface area (Å²) in [6, 6.07) is 10.4. The van der Waals surface area contributed by atoms with Gasteiger partial charge in [-0.05, 0) is 42.7 Å². The highest BCUT2D eigenvalue weighted by atomic mass is 19.1. The topological polar surface area (TPSA) is 33.5 Å². The molecule has 0 atom stereocenters. The summed E-state index contributed by atoms with van der Waals surface area (Å²) in [6.07, 6.45) is 4.82. The molecule has 4 heteroatoms. The van der Waals surface area contributed by atoms with E-state index < -0.39 is 0 Å². The molecule has 1 fully saturated rings. The van der Waals surface area contributed by atoms with Gasteiger partial charge in [0.15, 0.2) is 0 Å². The maximum absolute atomic E-state index is 12.9. The zero-order chi connectivity index (χ0) is 14.7. The molecular formula is C17H18FNO2. The molecule has 0 N–H and O–H groups in total. The molecule has 1 aliphatic carbocycles. The Balaban J connectivity index is 1.61. The van der Waals surface area contributed by atoms with Crippen molar-refractivity contribution < 1.29 is 13.6 Å². The molecule has 0 unspecified atom stereocenters. The number of hydrogen-bond donors (Lipinski definition) is 0. The third-order valence-electron chi connectivity index (χ3n) is 3.74. The maximum atomic E-state index is 12.9. The smallest absolute Gasteiger partial charge is 0.223 e. The lowest BCUT2D eigenvalue weighted by molar-refractivity contribution is -0.132. The van der Waals surface area contributed by atoms with Crippen LogP contribution in [0.4, 0.5) is 4.39 Å². The highest BCUT2D eigenvalue weighted by Gasteiger charge is 2.32. The van der Waals surface area contributed by atoms with E-state index in [0.717, 1.165) is 24.2 Å². The lowest BCUT2D eigenvalue weighted by Gasteiger charge is -2.22. The van der Waals surface area contributed by atoms with E-state index in [1.807, 2.05) is 17.0 Å². The quantitative estimate of drug-likeness (QED) is 0.814. The summed E-state index contributed by atoms with van der Waals surface area (Å²) in [5.41, 5.74) is 0.967. The number of amides is 1. The molecule has 3 rings (SSSR count). The van der Waals surface area contributed by atoms with Crippen molar-refractivity contribution in [2.75, 3.05) is 0 Å². The lowest BCUT2D eigenvalue weighted by atomic mass is 10.1. The number of halogens is 1. The van der Waals surface area contributed by atoms with Crippen LogP contribution in [0.25, 0.3) is 0 Å². The highest BCUT2D eigenvalue weighted by molar-refractivity contribution is 5.77. The third kappa shape index (κ3) is 3.72. The molecule has 1 heterocycles. The number of carbonyl (C=O) groups is 1. The van der Waals surface area contributed by atoms with Gasteiger partial charge in [0.2, 0.25) is 5.91 Å². The second kappa shape index (κ2) is 6.12. The van der Waals surface area contributed by atoms with Gasteiger partial charge in [0.05, 0.1) is 6.26 Å². The van der Waals surface area contributed by atoms with E-state index in [0.29, 0.717) is 25.4 Å². The fourth-order valence-electron chi connectivity index (χ4n) is 2.42. The molecular weight excluding hydrogens is 269 g/mol. The highest BCUT2D eigenvalue weighted by Crippen LogP contribution is 2.29. The summed E-state index contributed by atoms with van der Waals surface area (Å²) in [5.74, 6) is 0.722. The van der Waals surface area contributed by atoms with Crippen LogP contribution in [0.3, 0.4) is 0 Å². The average Bonchev–Trinajstić information content (AvgIpc) is 3.19. The van der Waals surface area contributed by atoms with Gasteiger partial charge in [-0.2, -0.15) is 0 Å². The number of furan rings is 1. The number of aryl methyl sites for hydroxylation is 1. The van der Waals surface area contributed by atoms with E-state index in [9.17, 15) is 9.18 Å². The summed E-state index contributed by atoms with van der Waals surface area (Å²) in [4.78, 5) is 14.3. The molecule has 1 aromatic carbocycles. The van der Waals surface area contributed by atoms with Crippen molar-refractivity contribution in [2.24, 2.45) is 0 Å². The van der Waals surface area contributed by atoms with Crippen molar-refractivity contribution in [3.63, 3.8) is 0 Å². The first-order chi connectivity index (χ1) is 10.2. The molecule has 21 heavy (non-hydrogen) atoms. The standard InChI is InChI=1S/C17H18FNO2/c18-14-5-3-13(4-6-14)12-19(15-7-8-15)17(20)10-9-16-2-1-11-21-16/h1-6,11,15H,7-10,12H2. The molecule has 1 aromatic heterocycles. The summed E-state index contributed by atoms with van der Waals surface area (Å²) < 4.78 is 18.2. The van der Waals surface area contributed by atoms with E-state index >= 15 is 0 Å². The fraction of sp³-hybridized carbons (Fsp3) is 0.353. The van der Waals surface area contributed by atoms with Crippen LogP contribution in [0.1, 0.15) is 30.6 Å². The fourth-order valence-corrected chi connectivity index (χ4v) is 2.42. The van der Waals surface area contributed by atoms with Crippen molar-refractivity contribution in [1.82, 2.24) is 4.90 Å². The Morgan fingerprint density at radius 2 is 2.00 bits per heavy atom. The van der Waals surface area contributed by atoms with Gasteiger partial charge in [0.1, 0.15) is 11.6 Å². The molecule has 0 radical (unpaired) electrons. The predicted molar refractivity (Wildman–Crippen MR) is 77.0 cm³/mol. The third-order valence-corrected chi connectivity index (χ3v) is 3.74. The lowest BCUT2D eigenvalue weighted by Crippen LogP contribution is -2.32. The molecule has 0 aliphatic heterocycles. The SMILES string of the molecule is O=C(CCc1ccco1)N(Cc1ccc(F)cc1)C1CC1. The van der Waals surface area contributed by atoms with E-state index in [2.05, 4.69) is 0 Å². The number of carbonyl (C=O) groups excluding carboxylic acids is 1. The van der Waals surface area contributed by atoms with Crippen LogP contribution >= 0.6 is 0 Å². The van der Waals surface area contributed by atoms with Gasteiger partial charge in [-0.15, -0.1) is 0 Å². The Kier molecular flexibility index (Phi) is 4.04. The average molecular weight is 287 g/mol. The summed E-state index contributed by atoms with van der Waals surface area (Å²) in [6.45, 7) is 0.557. The van der Waals surface area contributed by atoms with Crippen LogP contribution < -0.4 is 0 Å². The molecule has 0 saturated heterocycles. The minimum atomic E-state index is -0.249. The Hall–Kier alpha value is -2.10. The van der Waals surface area contributed by atoms with Crippen LogP contribution in [0, 0.1) is 5.82 Å². The van der Waals surface area contributed by atoms with Crippen molar-refractivity contribution in [1.29, 1.82) is 0 Å². The Morgan fingerprint density at radius 1 is 1.24 bits per heavy atom. The van der Waals surface area contributed by atoms with E-state index in [1.54, 1.807) is 18.4 Å². The van der Waals surface area contributed by atoms with Crippen molar-refractivity contribution in [3.8, 4) is 0 Å². The van der Waals surface area contributed by atoms with Crippen molar-refractivity contribution in [2.45, 2.75) is 38.3 Å². The molecule has 3 nitrogen and oxygen atoms in total. The van der Waals surface area contributed by atoms with Crippen LogP contribution in [0.2, 0.25) is 0 Å². The number of benzene rings is 1. The molecule has 110 valence electrons. The van der Waals surface area contributed by atoms with Crippen molar-refractivity contribution in [3.05, 3.63) is 59.8 Å². The van der Waals surface area contributed by atoms with Gasteiger partial charge in [0, 0.05) is 25.4 Å². The van der Waals surface area contributed by atoms with Gasteiger partial charge in [-0.3, -0.25) is 4.79 Å². The van der Waals surface area contributed by atoms with E-state index in [1.165, 1.54) is 12.1 Å². The predicted octanol–water partition coefficient (Wildman–Crippen LogP) is 3.54. The monoisotopic (exact) mass is 287 g/mol. The Bertz CT molecular complexity index is 588. The maximum Gasteiger partial charge on any atom is 0.223 e. The van der Waals surface area contributed by atoms with E-state index in [4.69, 9.17) is 4.42 Å². The number of hydrogen-bond acceptors (Lipinski definition) is 2. The number of rotatable bonds is 6. The van der Waals surface area contributed by atoms with Gasteiger partial charge in [-0.1, -0.05) is 12.1 Å². The first kappa shape index (κ1) is 13.9. The van der Waals surface area contributed by atoms with Gasteiger partial charge >= 0.3 is 0 Å². The zero-order valence-corrected chi connectivity index (χ0v) is 11.8. The Labute approximate surface area is 123 Å². The normalized spacial score (nSPS) is 14.1. The van der Waals surface area contributed by atoms with Crippen LogP contribution in [0.5, 0.6) is 0 Å². The second-order valence-corrected chi connectivity index (χ2v) is 5.46. The molecule has 0 bridgehead atoms. The summed E-state index contributed by atoms with van der Waals surface area (Å²) in [5, 5.41) is 0. The molecule has 1 saturated carbocycles. The molecule has 2 aromatic rings. The van der Waals surface area contributed by atoms with Gasteiger partial charge < -0.3 is 9.32 Å². The first-order valence-electron chi connectivity index (χ1n) is 7.28. The van der Waals surface area contributed by atoms with Crippen LogP contribution in [0.15, 0.2) is 47.1 Å². The molecule has 1 amide bonds. The second-order valence-electron chi connectivity index (χ2n) is 5.46. The van der Waals surface area contributed by atoms with Gasteiger partial charge in [-0.25, -0.2) is 4.39 Å². The summed E-state index contributed by atoms with van der Waals surface area (Å²) >= 11 is 0. The minimum Gasteiger partial charge on any atom is -0.469 e. The molecule has 1 aliphatic rings. The number of nitrogens with zero attached hydrogens (tertiary/aromatic N) is 1. The first-order valence-corrected chi connectivity index (χ1v) is 7.28. The molecule has 0 spiro atoms. The van der Waals surface area contributed by atoms with Crippen LogP contribution in [-0.2, 0) is 17.8 Å². The Morgan fingerprint density at radius 3 is 2.62 bits per heavy atom. The zero-order valence-electron chi connectivity index (χ0n) is 11.8. The minimum absolute atomic E-state index is 0.137. The van der Waals surface area contributed by atoms with Gasteiger partial charge in [0.25, 0.3) is 0 Å². The largest absolute Gasteiger partial charge is 0.469 e. The van der Waals surface area contributed by atoms with E-state index in [-0.39, 0.29) is 11.7 Å². The van der Waals surface area contributed by atoms with Crippen LogP contribution in [-0.4, -0.2) is 16.8 Å². The summed E-state index contributed by atoms with van der Waals surface area (Å²) in [7, 11) is 0. The van der Waals surface area contributed by atoms with Crippen molar-refractivity contribution >= 4 is 5.91 Å².